The maximum Gasteiger partial charge on any atom is 0.389 e. The van der Waals surface area contributed by atoms with E-state index in [0.29, 0.717) is 5.92 Å². The summed E-state index contributed by atoms with van der Waals surface area (Å²) in [6, 6.07) is 16.9. The highest BCUT2D eigenvalue weighted by Crippen LogP contribution is 2.38. The van der Waals surface area contributed by atoms with Crippen LogP contribution in [-0.2, 0) is 0 Å². The Bertz CT molecular complexity index is 761. The molecule has 0 saturated heterocycles. The van der Waals surface area contributed by atoms with Crippen LogP contribution >= 0.6 is 0 Å². The van der Waals surface area contributed by atoms with Gasteiger partial charge in [-0.15, -0.1) is 0 Å². The van der Waals surface area contributed by atoms with Crippen LogP contribution in [0.4, 0.5) is 13.2 Å². The van der Waals surface area contributed by atoms with Gasteiger partial charge in [0.25, 0.3) is 0 Å². The van der Waals surface area contributed by atoms with E-state index in [2.05, 4.69) is 31.2 Å². The second-order valence-electron chi connectivity index (χ2n) is 8.31. The van der Waals surface area contributed by atoms with Crippen molar-refractivity contribution in [2.45, 2.75) is 70.4 Å². The molecule has 156 valence electrons. The summed E-state index contributed by atoms with van der Waals surface area (Å²) in [5.41, 5.74) is 4.70. The Hall–Kier alpha value is -2.03. The van der Waals surface area contributed by atoms with Gasteiger partial charge in [-0.25, -0.2) is 0 Å². The summed E-state index contributed by atoms with van der Waals surface area (Å²) in [4.78, 5) is 0. The zero-order valence-electron chi connectivity index (χ0n) is 17.2. The second-order valence-corrected chi connectivity index (χ2v) is 8.31. The van der Waals surface area contributed by atoms with Crippen LogP contribution in [-0.4, -0.2) is 6.18 Å². The van der Waals surface area contributed by atoms with E-state index < -0.39 is 12.6 Å². The van der Waals surface area contributed by atoms with Gasteiger partial charge < -0.3 is 0 Å². The Morgan fingerprint density at radius 1 is 0.862 bits per heavy atom. The molecule has 1 saturated carbocycles. The molecule has 3 heteroatoms. The summed E-state index contributed by atoms with van der Waals surface area (Å²) in [7, 11) is 0. The number of hydrogen-bond donors (Lipinski definition) is 0. The van der Waals surface area contributed by atoms with E-state index in [1.165, 1.54) is 49.7 Å². The fraction of sp³-hybridized carbons (Fsp3) is 0.462. The van der Waals surface area contributed by atoms with Crippen LogP contribution in [0.5, 0.6) is 0 Å². The summed E-state index contributed by atoms with van der Waals surface area (Å²) in [5, 5.41) is 0. The van der Waals surface area contributed by atoms with Crippen LogP contribution < -0.4 is 0 Å². The average Bonchev–Trinajstić information content (AvgIpc) is 2.72. The summed E-state index contributed by atoms with van der Waals surface area (Å²) < 4.78 is 36.6. The van der Waals surface area contributed by atoms with Crippen molar-refractivity contribution in [1.29, 1.82) is 0 Å². The molecule has 0 amide bonds. The molecule has 0 N–H and O–H groups in total. The standard InChI is InChI=1S/C26H31F3/c1-2-5-20-7-11-22(12-8-20)24-15-17-25(18-16-24)23-13-9-21(10-14-23)6-3-4-19-26(27,28)29/h3,6,9-10,13-18,20,22H,2,4-5,7-8,11-12,19H2,1H3/t20-,22-. The Kier molecular flexibility index (Phi) is 7.57. The molecule has 0 aromatic heterocycles. The molecule has 0 nitrogen and oxygen atoms in total. The third-order valence-corrected chi connectivity index (χ3v) is 6.07. The molecule has 1 fully saturated rings. The third-order valence-electron chi connectivity index (χ3n) is 6.07. The number of allylic oxidation sites excluding steroid dienone is 1. The quantitative estimate of drug-likeness (QED) is 0.435. The Morgan fingerprint density at radius 3 is 2.00 bits per heavy atom. The van der Waals surface area contributed by atoms with E-state index in [1.54, 1.807) is 12.2 Å². The zero-order chi connectivity index (χ0) is 20.7. The topological polar surface area (TPSA) is 0 Å². The largest absolute Gasteiger partial charge is 0.389 e. The minimum absolute atomic E-state index is 0.0209. The molecule has 0 aliphatic heterocycles. The third kappa shape index (κ3) is 6.76. The minimum atomic E-state index is -4.09. The van der Waals surface area contributed by atoms with Crippen LogP contribution in [0.1, 0.15) is 75.3 Å². The van der Waals surface area contributed by atoms with E-state index in [0.717, 1.165) is 17.0 Å². The lowest BCUT2D eigenvalue weighted by Crippen LogP contribution is -2.13. The molecule has 0 spiro atoms. The van der Waals surface area contributed by atoms with Crippen LogP contribution in [0.3, 0.4) is 0 Å². The van der Waals surface area contributed by atoms with Crippen LogP contribution in [0, 0.1) is 5.92 Å². The van der Waals surface area contributed by atoms with Gasteiger partial charge in [-0.2, -0.15) is 13.2 Å². The first-order valence-electron chi connectivity index (χ1n) is 10.9. The summed E-state index contributed by atoms with van der Waals surface area (Å²) in [5.74, 6) is 1.62. The predicted molar refractivity (Wildman–Crippen MR) is 116 cm³/mol. The van der Waals surface area contributed by atoms with Gasteiger partial charge in [-0.1, -0.05) is 80.4 Å². The van der Waals surface area contributed by atoms with E-state index >= 15 is 0 Å². The maximum absolute atomic E-state index is 12.2. The molecule has 29 heavy (non-hydrogen) atoms. The van der Waals surface area contributed by atoms with Crippen LogP contribution in [0.2, 0.25) is 0 Å². The summed E-state index contributed by atoms with van der Waals surface area (Å²) in [6.45, 7) is 2.28. The minimum Gasteiger partial charge on any atom is -0.171 e. The fourth-order valence-electron chi connectivity index (χ4n) is 4.39. The van der Waals surface area contributed by atoms with Crippen molar-refractivity contribution in [2.75, 3.05) is 0 Å². The van der Waals surface area contributed by atoms with Gasteiger partial charge in [-0.3, -0.25) is 0 Å². The number of rotatable bonds is 7. The molecule has 0 heterocycles. The lowest BCUT2D eigenvalue weighted by atomic mass is 9.77. The monoisotopic (exact) mass is 400 g/mol. The fourth-order valence-corrected chi connectivity index (χ4v) is 4.39. The molecule has 0 radical (unpaired) electrons. The molecular weight excluding hydrogens is 369 g/mol. The van der Waals surface area contributed by atoms with E-state index in [9.17, 15) is 13.2 Å². The Labute approximate surface area is 172 Å². The SMILES string of the molecule is CCC[C@H]1CC[C@H](c2ccc(-c3ccc(C=CCCC(F)(F)F)cc3)cc2)CC1. The number of halogens is 3. The Balaban J connectivity index is 1.55. The molecule has 2 aromatic carbocycles. The van der Waals surface area contributed by atoms with Gasteiger partial charge >= 0.3 is 6.18 Å². The van der Waals surface area contributed by atoms with Crippen molar-refractivity contribution < 1.29 is 13.2 Å². The highest BCUT2D eigenvalue weighted by molar-refractivity contribution is 5.66. The van der Waals surface area contributed by atoms with Gasteiger partial charge in [0, 0.05) is 6.42 Å². The first kappa shape index (κ1) is 21.7. The molecular formula is C26H31F3. The molecule has 2 aromatic rings. The molecule has 1 aliphatic carbocycles. The van der Waals surface area contributed by atoms with Crippen LogP contribution in [0.15, 0.2) is 54.6 Å². The van der Waals surface area contributed by atoms with Crippen molar-refractivity contribution in [3.05, 3.63) is 65.7 Å². The first-order chi connectivity index (χ1) is 13.9. The van der Waals surface area contributed by atoms with Crippen LogP contribution in [0.25, 0.3) is 17.2 Å². The van der Waals surface area contributed by atoms with Crippen molar-refractivity contribution in [1.82, 2.24) is 0 Å². The normalized spacial score (nSPS) is 20.3. The first-order valence-corrected chi connectivity index (χ1v) is 10.9. The van der Waals surface area contributed by atoms with Crippen molar-refractivity contribution in [3.63, 3.8) is 0 Å². The lowest BCUT2D eigenvalue weighted by Gasteiger charge is -2.28. The smallest absolute Gasteiger partial charge is 0.171 e. The molecule has 0 bridgehead atoms. The highest BCUT2D eigenvalue weighted by atomic mass is 19.4. The predicted octanol–water partition coefficient (Wildman–Crippen LogP) is 8.78. The average molecular weight is 401 g/mol. The highest BCUT2D eigenvalue weighted by Gasteiger charge is 2.25. The molecule has 1 aliphatic rings. The van der Waals surface area contributed by atoms with Gasteiger partial charge in [0.05, 0.1) is 0 Å². The van der Waals surface area contributed by atoms with E-state index in [4.69, 9.17) is 0 Å². The summed E-state index contributed by atoms with van der Waals surface area (Å²) >= 11 is 0. The van der Waals surface area contributed by atoms with Gasteiger partial charge in [0.1, 0.15) is 0 Å². The second kappa shape index (κ2) is 10.1. The Morgan fingerprint density at radius 2 is 1.45 bits per heavy atom. The van der Waals surface area contributed by atoms with Crippen molar-refractivity contribution in [3.8, 4) is 11.1 Å². The maximum atomic E-state index is 12.2. The number of alkyl halides is 3. The molecule has 3 rings (SSSR count). The zero-order valence-corrected chi connectivity index (χ0v) is 17.2. The van der Waals surface area contributed by atoms with Gasteiger partial charge in [-0.05, 0) is 66.2 Å². The van der Waals surface area contributed by atoms with Gasteiger partial charge in [0.15, 0.2) is 0 Å². The lowest BCUT2D eigenvalue weighted by molar-refractivity contribution is -0.133. The van der Waals surface area contributed by atoms with E-state index in [1.807, 2.05) is 24.3 Å². The summed E-state index contributed by atoms with van der Waals surface area (Å²) in [6.07, 6.45) is 6.51. The number of benzene rings is 2. The van der Waals surface area contributed by atoms with Crippen molar-refractivity contribution in [2.24, 2.45) is 5.92 Å². The number of hydrogen-bond acceptors (Lipinski definition) is 0. The van der Waals surface area contributed by atoms with Crippen molar-refractivity contribution >= 4 is 6.08 Å². The molecule has 0 atom stereocenters. The molecule has 0 unspecified atom stereocenters. The van der Waals surface area contributed by atoms with Gasteiger partial charge in [0.2, 0.25) is 0 Å². The van der Waals surface area contributed by atoms with E-state index in [-0.39, 0.29) is 6.42 Å².